The van der Waals surface area contributed by atoms with Crippen LogP contribution in [0.15, 0.2) is 48.8 Å². The zero-order valence-electron chi connectivity index (χ0n) is 16.3. The number of benzene rings is 1. The van der Waals surface area contributed by atoms with Gasteiger partial charge in [-0.25, -0.2) is 9.97 Å². The van der Waals surface area contributed by atoms with Crippen LogP contribution in [-0.2, 0) is 25.8 Å². The van der Waals surface area contributed by atoms with Gasteiger partial charge in [0.2, 0.25) is 0 Å². The summed E-state index contributed by atoms with van der Waals surface area (Å²) in [5.41, 5.74) is 5.37. The fraction of sp³-hybridized carbons (Fsp3) is 0.292. The predicted octanol–water partition coefficient (Wildman–Crippen LogP) is 5.19. The molecule has 1 aliphatic heterocycles. The van der Waals surface area contributed by atoms with Gasteiger partial charge in [0.25, 0.3) is 0 Å². The van der Waals surface area contributed by atoms with Crippen molar-refractivity contribution in [3.05, 3.63) is 70.4 Å². The normalized spacial score (nSPS) is 15.9. The molecule has 0 atom stereocenters. The molecule has 4 heterocycles. The summed E-state index contributed by atoms with van der Waals surface area (Å²) in [4.78, 5) is 19.5. The molecule has 5 heteroatoms. The molecule has 0 spiro atoms. The van der Waals surface area contributed by atoms with Crippen molar-refractivity contribution in [2.75, 3.05) is 11.4 Å². The fourth-order valence-corrected chi connectivity index (χ4v) is 5.92. The smallest absolute Gasteiger partial charge is 0.164 e. The monoisotopic (exact) mass is 398 g/mol. The van der Waals surface area contributed by atoms with Gasteiger partial charge in [0, 0.05) is 35.9 Å². The Bertz CT molecular complexity index is 1200. The molecule has 144 valence electrons. The van der Waals surface area contributed by atoms with Crippen molar-refractivity contribution >= 4 is 27.4 Å². The van der Waals surface area contributed by atoms with Gasteiger partial charge in [0.1, 0.15) is 10.6 Å². The van der Waals surface area contributed by atoms with Gasteiger partial charge in [-0.1, -0.05) is 24.3 Å². The van der Waals surface area contributed by atoms with E-state index in [2.05, 4.69) is 40.2 Å². The van der Waals surface area contributed by atoms with Crippen LogP contribution in [0.5, 0.6) is 0 Å². The van der Waals surface area contributed by atoms with Gasteiger partial charge in [0.15, 0.2) is 5.82 Å². The van der Waals surface area contributed by atoms with Crippen LogP contribution < -0.4 is 4.90 Å². The second-order valence-electron chi connectivity index (χ2n) is 7.94. The first-order valence-electron chi connectivity index (χ1n) is 10.4. The molecule has 4 aromatic rings. The maximum Gasteiger partial charge on any atom is 0.164 e. The van der Waals surface area contributed by atoms with E-state index in [0.29, 0.717) is 0 Å². The van der Waals surface area contributed by atoms with Gasteiger partial charge in [0.05, 0.1) is 5.39 Å². The number of aryl methyl sites for hydroxylation is 2. The van der Waals surface area contributed by atoms with E-state index in [1.807, 2.05) is 23.6 Å². The molecule has 0 unspecified atom stereocenters. The highest BCUT2D eigenvalue weighted by molar-refractivity contribution is 7.19. The van der Waals surface area contributed by atoms with E-state index >= 15 is 0 Å². The van der Waals surface area contributed by atoms with E-state index < -0.39 is 0 Å². The molecule has 1 aliphatic carbocycles. The lowest BCUT2D eigenvalue weighted by atomic mass is 9.96. The highest BCUT2D eigenvalue weighted by atomic mass is 32.1. The third-order valence-electron chi connectivity index (χ3n) is 6.15. The first-order chi connectivity index (χ1) is 14.4. The summed E-state index contributed by atoms with van der Waals surface area (Å²) in [5.74, 6) is 1.90. The minimum atomic E-state index is 0.790. The van der Waals surface area contributed by atoms with Crippen LogP contribution in [0, 0.1) is 0 Å². The average molecular weight is 399 g/mol. The minimum absolute atomic E-state index is 0.790. The number of nitrogens with zero attached hydrogens (tertiary/aromatic N) is 4. The molecule has 0 bridgehead atoms. The van der Waals surface area contributed by atoms with Crippen molar-refractivity contribution in [1.29, 1.82) is 0 Å². The van der Waals surface area contributed by atoms with E-state index in [0.717, 1.165) is 48.0 Å². The summed E-state index contributed by atoms with van der Waals surface area (Å²) in [6, 6.07) is 12.8. The standard InChI is InChI=1S/C24H22N4S/c1-2-7-18-15-28(13-11-16(18)6-1)23-21-19-9-3-4-10-20(19)29-24(21)27-22(26-23)17-8-5-12-25-14-17/h1-2,5-8,12,14H,3-4,9-11,13,15H2. The number of fused-ring (bicyclic) bond motifs is 4. The maximum atomic E-state index is 5.13. The van der Waals surface area contributed by atoms with Gasteiger partial charge in [-0.2, -0.15) is 0 Å². The second kappa shape index (κ2) is 6.92. The number of anilines is 1. The molecule has 0 saturated heterocycles. The van der Waals surface area contributed by atoms with Crippen molar-refractivity contribution in [3.8, 4) is 11.4 Å². The largest absolute Gasteiger partial charge is 0.351 e. The molecular formula is C24H22N4S. The molecule has 6 rings (SSSR count). The molecule has 0 radical (unpaired) electrons. The fourth-order valence-electron chi connectivity index (χ4n) is 4.67. The van der Waals surface area contributed by atoms with Crippen molar-refractivity contribution in [2.24, 2.45) is 0 Å². The quantitative estimate of drug-likeness (QED) is 0.466. The van der Waals surface area contributed by atoms with Gasteiger partial charge < -0.3 is 4.90 Å². The predicted molar refractivity (Wildman–Crippen MR) is 118 cm³/mol. The summed E-state index contributed by atoms with van der Waals surface area (Å²) < 4.78 is 0. The Morgan fingerprint density at radius 2 is 1.79 bits per heavy atom. The zero-order chi connectivity index (χ0) is 19.2. The van der Waals surface area contributed by atoms with E-state index in [1.165, 1.54) is 46.2 Å². The first-order valence-corrected chi connectivity index (χ1v) is 11.2. The summed E-state index contributed by atoms with van der Waals surface area (Å²) in [5, 5.41) is 1.30. The Kier molecular flexibility index (Phi) is 4.08. The van der Waals surface area contributed by atoms with Gasteiger partial charge in [-0.15, -0.1) is 11.3 Å². The SMILES string of the molecule is c1cncc(-c2nc(N3CCc4ccccc4C3)c3c4c(sc3n2)CCCC4)c1. The molecule has 29 heavy (non-hydrogen) atoms. The van der Waals surface area contributed by atoms with Crippen molar-refractivity contribution in [2.45, 2.75) is 38.6 Å². The third-order valence-corrected chi connectivity index (χ3v) is 7.33. The molecule has 1 aromatic carbocycles. The first kappa shape index (κ1) is 17.1. The summed E-state index contributed by atoms with van der Waals surface area (Å²) >= 11 is 1.87. The average Bonchev–Trinajstić information content (AvgIpc) is 3.17. The number of hydrogen-bond acceptors (Lipinski definition) is 5. The van der Waals surface area contributed by atoms with Crippen LogP contribution >= 0.6 is 11.3 Å². The van der Waals surface area contributed by atoms with Crippen molar-refractivity contribution in [3.63, 3.8) is 0 Å². The number of pyridine rings is 1. The summed E-state index contributed by atoms with van der Waals surface area (Å²) in [6.45, 7) is 1.92. The number of rotatable bonds is 2. The molecule has 2 aliphatic rings. The van der Waals surface area contributed by atoms with Gasteiger partial charge >= 0.3 is 0 Å². The van der Waals surface area contributed by atoms with Gasteiger partial charge in [-0.05, 0) is 60.9 Å². The Balaban J connectivity index is 1.54. The highest BCUT2D eigenvalue weighted by Crippen LogP contribution is 2.41. The van der Waals surface area contributed by atoms with E-state index in [-0.39, 0.29) is 0 Å². The van der Waals surface area contributed by atoms with E-state index in [4.69, 9.17) is 9.97 Å². The minimum Gasteiger partial charge on any atom is -0.351 e. The second-order valence-corrected chi connectivity index (χ2v) is 9.03. The number of hydrogen-bond donors (Lipinski definition) is 0. The molecule has 0 saturated carbocycles. The van der Waals surface area contributed by atoms with Crippen LogP contribution in [0.4, 0.5) is 5.82 Å². The van der Waals surface area contributed by atoms with E-state index in [1.54, 1.807) is 6.20 Å². The Morgan fingerprint density at radius 3 is 2.69 bits per heavy atom. The van der Waals surface area contributed by atoms with Crippen LogP contribution in [0.2, 0.25) is 0 Å². The Morgan fingerprint density at radius 1 is 0.897 bits per heavy atom. The molecule has 4 nitrogen and oxygen atoms in total. The lowest BCUT2D eigenvalue weighted by Gasteiger charge is -2.31. The topological polar surface area (TPSA) is 41.9 Å². The third kappa shape index (κ3) is 2.92. The maximum absolute atomic E-state index is 5.13. The van der Waals surface area contributed by atoms with Crippen molar-refractivity contribution < 1.29 is 0 Å². The molecule has 0 N–H and O–H groups in total. The van der Waals surface area contributed by atoms with Crippen LogP contribution in [0.3, 0.4) is 0 Å². The number of aromatic nitrogens is 3. The lowest BCUT2D eigenvalue weighted by Crippen LogP contribution is -2.31. The zero-order valence-corrected chi connectivity index (χ0v) is 17.1. The summed E-state index contributed by atoms with van der Waals surface area (Å²) in [6.07, 6.45) is 9.62. The van der Waals surface area contributed by atoms with Crippen LogP contribution in [0.1, 0.15) is 34.4 Å². The Hall–Kier alpha value is -2.79. The Labute approximate surface area is 174 Å². The highest BCUT2D eigenvalue weighted by Gasteiger charge is 2.26. The molecule has 0 amide bonds. The van der Waals surface area contributed by atoms with E-state index in [9.17, 15) is 0 Å². The lowest BCUT2D eigenvalue weighted by molar-refractivity contribution is 0.697. The molecular weight excluding hydrogens is 376 g/mol. The molecule has 0 fully saturated rings. The summed E-state index contributed by atoms with van der Waals surface area (Å²) in [7, 11) is 0. The molecule has 3 aromatic heterocycles. The van der Waals surface area contributed by atoms with Crippen LogP contribution in [-0.4, -0.2) is 21.5 Å². The van der Waals surface area contributed by atoms with Crippen LogP contribution in [0.25, 0.3) is 21.6 Å². The van der Waals surface area contributed by atoms with Crippen molar-refractivity contribution in [1.82, 2.24) is 15.0 Å². The number of thiophene rings is 1. The van der Waals surface area contributed by atoms with Gasteiger partial charge in [-0.3, -0.25) is 4.98 Å².